The molecule has 0 aliphatic carbocycles. The molecule has 0 unspecified atom stereocenters. The molecule has 0 saturated carbocycles. The molecule has 0 N–H and O–H groups in total. The van der Waals surface area contributed by atoms with Crippen LogP contribution in [0.2, 0.25) is 0 Å². The molecule has 0 radical (unpaired) electrons. The summed E-state index contributed by atoms with van der Waals surface area (Å²) in [6.45, 7) is 6.40. The molecule has 0 atom stereocenters. The second kappa shape index (κ2) is 7.18. The third-order valence-electron chi connectivity index (χ3n) is 3.77. The van der Waals surface area contributed by atoms with Crippen molar-refractivity contribution >= 4 is 10.8 Å². The maximum absolute atomic E-state index is 14.4. The zero-order valence-electron chi connectivity index (χ0n) is 13.6. The van der Waals surface area contributed by atoms with Crippen LogP contribution in [0.3, 0.4) is 0 Å². The fourth-order valence-corrected chi connectivity index (χ4v) is 2.62. The van der Waals surface area contributed by atoms with E-state index in [9.17, 15) is 4.39 Å². The summed E-state index contributed by atoms with van der Waals surface area (Å²) in [6, 6.07) is 17.1. The number of hydrogen-bond acceptors (Lipinski definition) is 2. The van der Waals surface area contributed by atoms with Gasteiger partial charge in [0.1, 0.15) is 12.4 Å². The van der Waals surface area contributed by atoms with E-state index in [2.05, 4.69) is 6.58 Å². The minimum absolute atomic E-state index is 0.293. The molecule has 0 spiro atoms. The van der Waals surface area contributed by atoms with Crippen molar-refractivity contribution in [3.63, 3.8) is 0 Å². The first kappa shape index (κ1) is 16.1. The lowest BCUT2D eigenvalue weighted by atomic mass is 10.0. The van der Waals surface area contributed by atoms with Crippen LogP contribution >= 0.6 is 0 Å². The minimum atomic E-state index is -0.311. The number of hydrogen-bond donors (Lipinski definition) is 0. The van der Waals surface area contributed by atoms with E-state index in [1.165, 1.54) is 0 Å². The van der Waals surface area contributed by atoms with Crippen molar-refractivity contribution in [1.82, 2.24) is 0 Å². The van der Waals surface area contributed by atoms with Crippen LogP contribution < -0.4 is 9.47 Å². The van der Waals surface area contributed by atoms with Gasteiger partial charge in [-0.05, 0) is 47.7 Å². The van der Waals surface area contributed by atoms with E-state index in [0.717, 1.165) is 22.3 Å². The van der Waals surface area contributed by atoms with Crippen molar-refractivity contribution in [3.8, 4) is 22.6 Å². The fourth-order valence-electron chi connectivity index (χ4n) is 2.62. The predicted octanol–water partition coefficient (Wildman–Crippen LogP) is 5.61. The summed E-state index contributed by atoms with van der Waals surface area (Å²) in [4.78, 5) is 0. The van der Waals surface area contributed by atoms with Gasteiger partial charge in [0.05, 0.1) is 6.61 Å². The van der Waals surface area contributed by atoms with Gasteiger partial charge in [-0.15, -0.1) is 0 Å². The van der Waals surface area contributed by atoms with E-state index in [-0.39, 0.29) is 5.82 Å². The third kappa shape index (κ3) is 3.25. The Labute approximate surface area is 141 Å². The van der Waals surface area contributed by atoms with Crippen molar-refractivity contribution in [2.75, 3.05) is 13.2 Å². The van der Waals surface area contributed by atoms with Gasteiger partial charge in [-0.2, -0.15) is 0 Å². The van der Waals surface area contributed by atoms with Gasteiger partial charge in [0.2, 0.25) is 0 Å². The molecule has 0 amide bonds. The highest BCUT2D eigenvalue weighted by Crippen LogP contribution is 2.31. The maximum Gasteiger partial charge on any atom is 0.172 e. The van der Waals surface area contributed by atoms with Crippen molar-refractivity contribution < 1.29 is 13.9 Å². The molecule has 2 nitrogen and oxygen atoms in total. The summed E-state index contributed by atoms with van der Waals surface area (Å²) in [5.74, 6) is 0.780. The Hall–Kier alpha value is -2.81. The van der Waals surface area contributed by atoms with Crippen molar-refractivity contribution in [1.29, 1.82) is 0 Å². The molecule has 0 fully saturated rings. The SMILES string of the molecule is C=CCOc1ccc(-c2ccc3c(F)c(OCC)ccc3c2)cc1. The number of rotatable bonds is 6. The van der Waals surface area contributed by atoms with Crippen LogP contribution in [-0.4, -0.2) is 13.2 Å². The van der Waals surface area contributed by atoms with E-state index < -0.39 is 0 Å². The molecule has 24 heavy (non-hydrogen) atoms. The van der Waals surface area contributed by atoms with Gasteiger partial charge in [-0.1, -0.05) is 43.0 Å². The quantitative estimate of drug-likeness (QED) is 0.549. The van der Waals surface area contributed by atoms with Crippen molar-refractivity contribution in [2.45, 2.75) is 6.92 Å². The molecule has 0 saturated heterocycles. The van der Waals surface area contributed by atoms with Gasteiger partial charge in [0, 0.05) is 5.39 Å². The van der Waals surface area contributed by atoms with E-state index in [1.807, 2.05) is 49.4 Å². The summed E-state index contributed by atoms with van der Waals surface area (Å²) < 4.78 is 25.2. The summed E-state index contributed by atoms with van der Waals surface area (Å²) in [5, 5.41) is 1.41. The van der Waals surface area contributed by atoms with Gasteiger partial charge in [0.15, 0.2) is 11.6 Å². The fraction of sp³-hybridized carbons (Fsp3) is 0.143. The number of halogens is 1. The Morgan fingerprint density at radius 2 is 1.71 bits per heavy atom. The molecular formula is C21H19FO2. The molecule has 3 heteroatoms. The van der Waals surface area contributed by atoms with Crippen LogP contribution in [0.5, 0.6) is 11.5 Å². The lowest BCUT2D eigenvalue weighted by Crippen LogP contribution is -1.95. The Morgan fingerprint density at radius 3 is 2.42 bits per heavy atom. The highest BCUT2D eigenvalue weighted by molar-refractivity contribution is 5.89. The zero-order valence-corrected chi connectivity index (χ0v) is 13.6. The number of ether oxygens (including phenoxy) is 2. The van der Waals surface area contributed by atoms with Gasteiger partial charge in [-0.25, -0.2) is 4.39 Å². The Balaban J connectivity index is 1.93. The van der Waals surface area contributed by atoms with Gasteiger partial charge >= 0.3 is 0 Å². The van der Waals surface area contributed by atoms with Gasteiger partial charge in [0.25, 0.3) is 0 Å². The molecule has 0 aromatic heterocycles. The van der Waals surface area contributed by atoms with E-state index in [4.69, 9.17) is 9.47 Å². The lowest BCUT2D eigenvalue weighted by molar-refractivity contribution is 0.323. The number of fused-ring (bicyclic) bond motifs is 1. The third-order valence-corrected chi connectivity index (χ3v) is 3.77. The first-order chi connectivity index (χ1) is 11.7. The topological polar surface area (TPSA) is 18.5 Å². The highest BCUT2D eigenvalue weighted by atomic mass is 19.1. The Bertz CT molecular complexity index is 854. The van der Waals surface area contributed by atoms with Crippen molar-refractivity contribution in [3.05, 3.63) is 73.1 Å². The molecule has 0 aliphatic heterocycles. The summed E-state index contributed by atoms with van der Waals surface area (Å²) >= 11 is 0. The van der Waals surface area contributed by atoms with Crippen LogP contribution in [0.1, 0.15) is 6.92 Å². The Morgan fingerprint density at radius 1 is 0.958 bits per heavy atom. The summed E-state index contributed by atoms with van der Waals surface area (Å²) in [7, 11) is 0. The molecular weight excluding hydrogens is 303 g/mol. The summed E-state index contributed by atoms with van der Waals surface area (Å²) in [5.41, 5.74) is 2.08. The van der Waals surface area contributed by atoms with Gasteiger partial charge in [-0.3, -0.25) is 0 Å². The molecule has 3 aromatic rings. The molecule has 0 bridgehead atoms. The largest absolute Gasteiger partial charge is 0.491 e. The average molecular weight is 322 g/mol. The molecule has 122 valence electrons. The van der Waals surface area contributed by atoms with Crippen LogP contribution in [0, 0.1) is 5.82 Å². The van der Waals surface area contributed by atoms with Crippen LogP contribution in [0.15, 0.2) is 67.3 Å². The first-order valence-electron chi connectivity index (χ1n) is 7.92. The van der Waals surface area contributed by atoms with Gasteiger partial charge < -0.3 is 9.47 Å². The standard InChI is InChI=1S/C21H19FO2/c1-3-13-24-18-9-5-15(6-10-18)16-7-11-19-17(14-16)8-12-20(21(19)22)23-4-2/h3,5-12,14H,1,4,13H2,2H3. The van der Waals surface area contributed by atoms with E-state index >= 15 is 0 Å². The predicted molar refractivity (Wildman–Crippen MR) is 96.2 cm³/mol. The smallest absolute Gasteiger partial charge is 0.172 e. The Kier molecular flexibility index (Phi) is 4.80. The monoisotopic (exact) mass is 322 g/mol. The second-order valence-electron chi connectivity index (χ2n) is 5.37. The van der Waals surface area contributed by atoms with Crippen LogP contribution in [0.4, 0.5) is 4.39 Å². The maximum atomic E-state index is 14.4. The number of benzene rings is 3. The molecule has 0 aliphatic rings. The first-order valence-corrected chi connectivity index (χ1v) is 7.92. The van der Waals surface area contributed by atoms with Crippen LogP contribution in [0.25, 0.3) is 21.9 Å². The molecule has 3 rings (SSSR count). The highest BCUT2D eigenvalue weighted by Gasteiger charge is 2.09. The molecule has 0 heterocycles. The van der Waals surface area contributed by atoms with E-state index in [0.29, 0.717) is 24.3 Å². The lowest BCUT2D eigenvalue weighted by Gasteiger charge is -2.09. The van der Waals surface area contributed by atoms with E-state index in [1.54, 1.807) is 18.2 Å². The zero-order chi connectivity index (χ0) is 16.9. The van der Waals surface area contributed by atoms with Crippen LogP contribution in [-0.2, 0) is 0 Å². The average Bonchev–Trinajstić information content (AvgIpc) is 2.62. The molecule has 3 aromatic carbocycles. The summed E-state index contributed by atoms with van der Waals surface area (Å²) in [6.07, 6.45) is 1.71. The minimum Gasteiger partial charge on any atom is -0.491 e. The normalized spacial score (nSPS) is 10.6. The second-order valence-corrected chi connectivity index (χ2v) is 5.37. The van der Waals surface area contributed by atoms with Crippen molar-refractivity contribution in [2.24, 2.45) is 0 Å².